The SMILES string of the molecule is c1ccc(-c2cc(-c3ccccc3)nc(-c3cccc4c3sc3ccc5c(c34)-c3ccccc3CC5)n2)cc1.c1ccc(-c2nc(-c3ccccc3)nc(-c3cccc4c3sc3ccc5c(c34)-c3ccccc3CC5)n2)cc1.c1ccc([Si](c2ccccc2)(c2ccccc2)c2cccc(-c3ccnc(-c4cccc5c4[nH]c4ccc6c(c45)-c4ccccc4CC6)n3)c2)cc1. The van der Waals surface area contributed by atoms with Crippen LogP contribution < -0.4 is 20.7 Å². The van der Waals surface area contributed by atoms with Gasteiger partial charge in [0, 0.05) is 107 Å². The Morgan fingerprint density at radius 3 is 1.06 bits per heavy atom. The molecule has 11 heteroatoms. The molecule has 8 nitrogen and oxygen atoms in total. The van der Waals surface area contributed by atoms with Crippen LogP contribution in [-0.4, -0.2) is 47.9 Å². The zero-order valence-corrected chi connectivity index (χ0v) is 73.7. The van der Waals surface area contributed by atoms with Crippen LogP contribution in [0.4, 0.5) is 0 Å². The zero-order valence-electron chi connectivity index (χ0n) is 71.0. The van der Waals surface area contributed by atoms with Crippen LogP contribution in [0.3, 0.4) is 0 Å². The quantitative estimate of drug-likeness (QED) is 0.0959. The minimum atomic E-state index is -2.68. The minimum absolute atomic E-state index is 0.684. The molecule has 3 aliphatic rings. The number of hydrogen-bond donors (Lipinski definition) is 1. The fourth-order valence-corrected chi connectivity index (χ4v) is 27.6. The number of H-pyrrole nitrogens is 1. The fourth-order valence-electron chi connectivity index (χ4n) is 20.4. The van der Waals surface area contributed by atoms with Crippen molar-refractivity contribution in [1.82, 2.24) is 39.9 Å². The Kier molecular flexibility index (Phi) is 19.9. The molecule has 0 saturated carbocycles. The van der Waals surface area contributed by atoms with E-state index < -0.39 is 8.07 Å². The summed E-state index contributed by atoms with van der Waals surface area (Å²) < 4.78 is 5.07. The second-order valence-electron chi connectivity index (χ2n) is 33.8. The molecule has 130 heavy (non-hydrogen) atoms. The average Bonchev–Trinajstić information content (AvgIpc) is 1.36. The highest BCUT2D eigenvalue weighted by Gasteiger charge is 2.42. The van der Waals surface area contributed by atoms with Crippen molar-refractivity contribution in [2.75, 3.05) is 0 Å². The Morgan fingerprint density at radius 2 is 0.585 bits per heavy atom. The average molecular weight is 1720 g/mol. The monoisotopic (exact) mass is 1710 g/mol. The van der Waals surface area contributed by atoms with E-state index in [9.17, 15) is 0 Å². The second-order valence-corrected chi connectivity index (χ2v) is 39.7. The number of nitrogens with zero attached hydrogens (tertiary/aromatic N) is 7. The summed E-state index contributed by atoms with van der Waals surface area (Å²) in [5.74, 6) is 3.55. The number of benzene rings is 17. The smallest absolute Gasteiger partial charge is 0.179 e. The predicted molar refractivity (Wildman–Crippen MR) is 545 cm³/mol. The number of hydrogen-bond acceptors (Lipinski definition) is 9. The van der Waals surface area contributed by atoms with Crippen LogP contribution >= 0.6 is 22.7 Å². The van der Waals surface area contributed by atoms with Gasteiger partial charge in [0.1, 0.15) is 0 Å². The van der Waals surface area contributed by atoms with Crippen LogP contribution in [0.15, 0.2) is 419 Å². The number of aryl methyl sites for hydroxylation is 6. The van der Waals surface area contributed by atoms with E-state index in [-0.39, 0.29) is 0 Å². The van der Waals surface area contributed by atoms with E-state index in [2.05, 4.69) is 363 Å². The van der Waals surface area contributed by atoms with Gasteiger partial charge in [-0.2, -0.15) is 0 Å². The van der Waals surface area contributed by atoms with Gasteiger partial charge in [0.15, 0.2) is 37.2 Å². The summed E-state index contributed by atoms with van der Waals surface area (Å²) in [5, 5.41) is 13.1. The van der Waals surface area contributed by atoms with E-state index >= 15 is 0 Å². The number of thiophene rings is 2. The zero-order chi connectivity index (χ0) is 86.0. The van der Waals surface area contributed by atoms with E-state index in [1.807, 2.05) is 83.5 Å². The standard InChI is InChI=1S/C48H35N3Si.C36H24N2S.C35H23N3S/c1-4-16-36(17-5-1)52(37-18-6-2-7-19-37,38-20-8-3-9-21-38)39-22-12-15-35(32-39)43-30-31-49-48(51-43)42-25-13-24-41-46-44(50-47(41)42)29-28-34-27-26-33-14-10-11-23-40(33)45(34)46;1-3-11-24(12-4-1)30-22-31(25-13-5-2-6-14-25)38-36(37-30)29-17-9-16-28-34-32(39-35(28)29)21-20-26-19-18-23-10-7-8-15-27(23)33(26)34;1-3-11-24(12-4-1)33-36-34(25-13-5-2-6-14-25)38-35(37-33)28-17-9-16-27-31-29(39-32(27)28)21-20-23-19-18-22-10-7-8-15-26(22)30(23)31/h1-25,28-32,50H,26-27H2;1-17,20-22H,18-19H2;1-17,20-21H,18-19H2. The third-order valence-corrected chi connectivity index (χ3v) is 33.6. The normalized spacial score (nSPS) is 12.4. The lowest BCUT2D eigenvalue weighted by Crippen LogP contribution is -2.74. The summed E-state index contributed by atoms with van der Waals surface area (Å²) in [4.78, 5) is 39.2. The lowest BCUT2D eigenvalue weighted by molar-refractivity contribution is 0.945. The van der Waals surface area contributed by atoms with E-state index in [1.165, 1.54) is 139 Å². The summed E-state index contributed by atoms with van der Waals surface area (Å²) in [6.45, 7) is 0. The number of nitrogens with one attached hydrogen (secondary N) is 1. The van der Waals surface area contributed by atoms with Crippen molar-refractivity contribution in [3.63, 3.8) is 0 Å². The number of rotatable bonds is 12. The van der Waals surface area contributed by atoms with Crippen molar-refractivity contribution in [3.05, 3.63) is 452 Å². The maximum absolute atomic E-state index is 5.28. The Bertz CT molecular complexity index is 7780. The van der Waals surface area contributed by atoms with Gasteiger partial charge in [0.05, 0.1) is 22.6 Å². The fraction of sp³-hybridized carbons (Fsp3) is 0.0504. The van der Waals surface area contributed by atoms with Gasteiger partial charge in [0.2, 0.25) is 0 Å². The molecule has 0 radical (unpaired) electrons. The number of para-hydroxylation sites is 1. The molecule has 0 amide bonds. The lowest BCUT2D eigenvalue weighted by atomic mass is 9.83. The molecule has 0 aliphatic heterocycles. The Labute approximate surface area is 762 Å². The van der Waals surface area contributed by atoms with Crippen LogP contribution in [0.5, 0.6) is 0 Å². The molecule has 614 valence electrons. The first-order valence-electron chi connectivity index (χ1n) is 44.7. The lowest BCUT2D eigenvalue weighted by Gasteiger charge is -2.34. The first-order valence-corrected chi connectivity index (χ1v) is 48.3. The second kappa shape index (κ2) is 33.3. The van der Waals surface area contributed by atoms with Crippen LogP contribution in [0.1, 0.15) is 33.4 Å². The van der Waals surface area contributed by atoms with Gasteiger partial charge in [-0.3, -0.25) is 0 Å². The molecule has 0 fully saturated rings. The predicted octanol–water partition coefficient (Wildman–Crippen LogP) is 27.2. The molecule has 0 bridgehead atoms. The van der Waals surface area contributed by atoms with Crippen molar-refractivity contribution < 1.29 is 0 Å². The number of aromatic amines is 1. The Morgan fingerprint density at radius 1 is 0.231 bits per heavy atom. The molecule has 0 unspecified atom stereocenters. The molecule has 3 aliphatic carbocycles. The summed E-state index contributed by atoms with van der Waals surface area (Å²) >= 11 is 3.69. The highest BCUT2D eigenvalue weighted by atomic mass is 32.1. The van der Waals surface area contributed by atoms with Crippen LogP contribution in [0, 0.1) is 0 Å². The van der Waals surface area contributed by atoms with E-state index in [0.29, 0.717) is 23.3 Å². The van der Waals surface area contributed by atoms with Crippen molar-refractivity contribution in [2.24, 2.45) is 0 Å². The maximum atomic E-state index is 5.28. The van der Waals surface area contributed by atoms with Crippen LogP contribution in [0.25, 0.3) is 186 Å². The van der Waals surface area contributed by atoms with E-state index in [4.69, 9.17) is 34.9 Å². The Hall–Kier alpha value is -15.6. The highest BCUT2D eigenvalue weighted by Crippen LogP contribution is 2.51. The Balaban J connectivity index is 0.000000110. The van der Waals surface area contributed by atoms with Gasteiger partial charge in [0.25, 0.3) is 0 Å². The molecule has 23 aromatic rings. The molecule has 0 atom stereocenters. The molecule has 6 aromatic heterocycles. The largest absolute Gasteiger partial charge is 0.354 e. The van der Waals surface area contributed by atoms with Gasteiger partial charge >= 0.3 is 0 Å². The molecule has 1 N–H and O–H groups in total. The van der Waals surface area contributed by atoms with Crippen molar-refractivity contribution in [3.8, 4) is 124 Å². The van der Waals surface area contributed by atoms with Crippen LogP contribution in [0.2, 0.25) is 0 Å². The molecule has 0 spiro atoms. The summed E-state index contributed by atoms with van der Waals surface area (Å²) in [5.41, 5.74) is 30.2. The van der Waals surface area contributed by atoms with E-state index in [1.54, 1.807) is 0 Å². The summed E-state index contributed by atoms with van der Waals surface area (Å²) in [6, 6.07) is 148. The molecule has 0 saturated heterocycles. The number of aromatic nitrogens is 8. The van der Waals surface area contributed by atoms with Crippen molar-refractivity contribution in [2.45, 2.75) is 38.5 Å². The van der Waals surface area contributed by atoms with Crippen molar-refractivity contribution >= 4 is 114 Å². The molecular weight excluding hydrogens is 1630 g/mol. The molecule has 26 rings (SSSR count). The molecule has 6 heterocycles. The van der Waals surface area contributed by atoms with Crippen molar-refractivity contribution in [1.29, 1.82) is 0 Å². The van der Waals surface area contributed by atoms with Crippen LogP contribution in [-0.2, 0) is 38.5 Å². The number of fused-ring (bicyclic) bond motifs is 21. The van der Waals surface area contributed by atoms with Gasteiger partial charge in [-0.25, -0.2) is 34.9 Å². The first-order chi connectivity index (χ1) is 64.4. The minimum Gasteiger partial charge on any atom is -0.354 e. The van der Waals surface area contributed by atoms with Gasteiger partial charge in [-0.15, -0.1) is 22.7 Å². The van der Waals surface area contributed by atoms with Gasteiger partial charge in [-0.05, 0) is 175 Å². The highest BCUT2D eigenvalue weighted by molar-refractivity contribution is 7.27. The van der Waals surface area contributed by atoms with Gasteiger partial charge < -0.3 is 4.98 Å². The van der Waals surface area contributed by atoms with Gasteiger partial charge in [-0.1, -0.05) is 364 Å². The maximum Gasteiger partial charge on any atom is 0.179 e. The van der Waals surface area contributed by atoms with E-state index in [0.717, 1.165) is 117 Å². The third kappa shape index (κ3) is 13.8. The third-order valence-electron chi connectivity index (χ3n) is 26.4. The molecule has 17 aromatic carbocycles. The summed E-state index contributed by atoms with van der Waals surface area (Å²) in [6.07, 6.45) is 8.40. The topological polar surface area (TPSA) is 106 Å². The first kappa shape index (κ1) is 77.9. The molecular formula is C119H82N8S2Si. The summed E-state index contributed by atoms with van der Waals surface area (Å²) in [7, 11) is -2.68.